The van der Waals surface area contributed by atoms with Gasteiger partial charge in [0.15, 0.2) is 0 Å². The van der Waals surface area contributed by atoms with Crippen molar-refractivity contribution in [3.63, 3.8) is 0 Å². The maximum atomic E-state index is 6.26. The van der Waals surface area contributed by atoms with Crippen LogP contribution in [0.5, 0.6) is 0 Å². The highest BCUT2D eigenvalue weighted by molar-refractivity contribution is 5.32. The quantitative estimate of drug-likeness (QED) is 0.596. The number of hydrogen-bond acceptors (Lipinski definition) is 5. The molecule has 1 aliphatic carbocycles. The maximum Gasteiger partial charge on any atom is 0.225 e. The minimum Gasteiger partial charge on any atom is -0.377 e. The van der Waals surface area contributed by atoms with Crippen molar-refractivity contribution in [1.29, 1.82) is 0 Å². The lowest BCUT2D eigenvalue weighted by atomic mass is 9.89. The lowest BCUT2D eigenvalue weighted by molar-refractivity contribution is -0.0975. The molecule has 2 atom stereocenters. The molecule has 1 aromatic heterocycles. The van der Waals surface area contributed by atoms with Gasteiger partial charge in [-0.1, -0.05) is 19.4 Å². The molecule has 1 aromatic rings. The van der Waals surface area contributed by atoms with Crippen molar-refractivity contribution in [3.8, 4) is 0 Å². The fraction of sp³-hybridized carbons (Fsp3) is 0.667. The second-order valence-corrected chi connectivity index (χ2v) is 6.49. The molecule has 3 rings (SSSR count). The van der Waals surface area contributed by atoms with Crippen molar-refractivity contribution in [2.75, 3.05) is 37.8 Å². The molecule has 1 saturated carbocycles. The summed E-state index contributed by atoms with van der Waals surface area (Å²) in [5.74, 6) is 1.27. The molecule has 2 fully saturated rings. The minimum atomic E-state index is -0.105. The highest BCUT2D eigenvalue weighted by Gasteiger charge is 2.47. The van der Waals surface area contributed by atoms with E-state index < -0.39 is 0 Å². The molecule has 5 nitrogen and oxygen atoms in total. The summed E-state index contributed by atoms with van der Waals surface area (Å²) in [4.78, 5) is 11.4. The van der Waals surface area contributed by atoms with Crippen LogP contribution in [0.3, 0.4) is 0 Å². The minimum absolute atomic E-state index is 0.105. The number of ether oxygens (including phenoxy) is 2. The van der Waals surface area contributed by atoms with E-state index in [0.29, 0.717) is 12.5 Å². The predicted octanol–water partition coefficient (Wildman–Crippen LogP) is 2.62. The van der Waals surface area contributed by atoms with Gasteiger partial charge in [0.1, 0.15) is 0 Å². The third-order valence-electron chi connectivity index (χ3n) is 5.04. The van der Waals surface area contributed by atoms with E-state index in [1.54, 1.807) is 6.08 Å². The maximum absolute atomic E-state index is 6.26. The van der Waals surface area contributed by atoms with Crippen LogP contribution in [0.15, 0.2) is 25.0 Å². The molecule has 5 heteroatoms. The van der Waals surface area contributed by atoms with Gasteiger partial charge in [0.25, 0.3) is 0 Å². The zero-order chi connectivity index (χ0) is 16.1. The van der Waals surface area contributed by atoms with Gasteiger partial charge >= 0.3 is 0 Å². The zero-order valence-corrected chi connectivity index (χ0v) is 14.0. The molecule has 0 amide bonds. The van der Waals surface area contributed by atoms with Crippen LogP contribution in [0, 0.1) is 5.92 Å². The van der Waals surface area contributed by atoms with Gasteiger partial charge in [0.05, 0.1) is 32.0 Å². The first kappa shape index (κ1) is 16.4. The third-order valence-corrected chi connectivity index (χ3v) is 5.04. The molecule has 0 N–H and O–H groups in total. The van der Waals surface area contributed by atoms with E-state index in [9.17, 15) is 0 Å². The van der Waals surface area contributed by atoms with Crippen molar-refractivity contribution in [2.45, 2.75) is 38.2 Å². The SMILES string of the molecule is C=CCOC[C@H]1CCC[C@@]12CN(c1ncc(CC)cn1)CCO2. The van der Waals surface area contributed by atoms with Gasteiger partial charge in [0, 0.05) is 24.9 Å². The largest absolute Gasteiger partial charge is 0.377 e. The van der Waals surface area contributed by atoms with Crippen LogP contribution in [0.1, 0.15) is 31.7 Å². The van der Waals surface area contributed by atoms with Gasteiger partial charge in [-0.3, -0.25) is 0 Å². The van der Waals surface area contributed by atoms with Crippen LogP contribution in [-0.2, 0) is 15.9 Å². The molecular weight excluding hydrogens is 290 g/mol. The molecule has 1 aliphatic heterocycles. The molecule has 2 heterocycles. The molecular formula is C18H27N3O2. The number of rotatable bonds is 6. The predicted molar refractivity (Wildman–Crippen MR) is 90.7 cm³/mol. The second-order valence-electron chi connectivity index (χ2n) is 6.49. The Balaban J connectivity index is 1.69. The Kier molecular flexibility index (Phi) is 5.28. The van der Waals surface area contributed by atoms with E-state index in [1.807, 2.05) is 12.4 Å². The smallest absolute Gasteiger partial charge is 0.225 e. The van der Waals surface area contributed by atoms with Gasteiger partial charge < -0.3 is 14.4 Å². The lowest BCUT2D eigenvalue weighted by Gasteiger charge is -2.44. The summed E-state index contributed by atoms with van der Waals surface area (Å²) >= 11 is 0. The summed E-state index contributed by atoms with van der Waals surface area (Å²) in [7, 11) is 0. The summed E-state index contributed by atoms with van der Waals surface area (Å²) < 4.78 is 12.0. The summed E-state index contributed by atoms with van der Waals surface area (Å²) in [6.07, 6.45) is 10.1. The molecule has 0 aromatic carbocycles. The van der Waals surface area contributed by atoms with Crippen LogP contribution in [0.4, 0.5) is 5.95 Å². The van der Waals surface area contributed by atoms with Crippen LogP contribution >= 0.6 is 0 Å². The average Bonchev–Trinajstić information content (AvgIpc) is 2.97. The van der Waals surface area contributed by atoms with Crippen molar-refractivity contribution in [1.82, 2.24) is 9.97 Å². The fourth-order valence-electron chi connectivity index (χ4n) is 3.71. The molecule has 126 valence electrons. The first-order chi connectivity index (χ1) is 11.3. The summed E-state index contributed by atoms with van der Waals surface area (Å²) in [6.45, 7) is 9.64. The molecule has 1 saturated heterocycles. The highest BCUT2D eigenvalue weighted by atomic mass is 16.5. The van der Waals surface area contributed by atoms with Gasteiger partial charge in [-0.05, 0) is 24.8 Å². The van der Waals surface area contributed by atoms with Gasteiger partial charge in [-0.25, -0.2) is 9.97 Å². The second kappa shape index (κ2) is 7.41. The van der Waals surface area contributed by atoms with E-state index in [-0.39, 0.29) is 5.60 Å². The van der Waals surface area contributed by atoms with Gasteiger partial charge in [-0.2, -0.15) is 0 Å². The van der Waals surface area contributed by atoms with Crippen LogP contribution < -0.4 is 4.90 Å². The molecule has 0 radical (unpaired) electrons. The number of anilines is 1. The van der Waals surface area contributed by atoms with Crippen molar-refractivity contribution >= 4 is 5.95 Å². The summed E-state index contributed by atoms with van der Waals surface area (Å²) in [5, 5.41) is 0. The Morgan fingerprint density at radius 1 is 1.48 bits per heavy atom. The number of nitrogens with zero attached hydrogens (tertiary/aromatic N) is 3. The summed E-state index contributed by atoms with van der Waals surface area (Å²) in [6, 6.07) is 0. The van der Waals surface area contributed by atoms with Crippen molar-refractivity contribution in [2.24, 2.45) is 5.92 Å². The van der Waals surface area contributed by atoms with E-state index in [2.05, 4.69) is 28.4 Å². The Hall–Kier alpha value is -1.46. The molecule has 0 bridgehead atoms. The normalized spacial score (nSPS) is 27.5. The van der Waals surface area contributed by atoms with E-state index in [4.69, 9.17) is 9.47 Å². The van der Waals surface area contributed by atoms with Crippen LogP contribution in [0.25, 0.3) is 0 Å². The van der Waals surface area contributed by atoms with Crippen LogP contribution in [-0.4, -0.2) is 48.5 Å². The van der Waals surface area contributed by atoms with Gasteiger partial charge in [0.2, 0.25) is 5.95 Å². The molecule has 0 unspecified atom stereocenters. The van der Waals surface area contributed by atoms with Crippen molar-refractivity contribution < 1.29 is 9.47 Å². The topological polar surface area (TPSA) is 47.5 Å². The van der Waals surface area contributed by atoms with Crippen molar-refractivity contribution in [3.05, 3.63) is 30.6 Å². The third kappa shape index (κ3) is 3.56. The number of morpholine rings is 1. The highest BCUT2D eigenvalue weighted by Crippen LogP contribution is 2.41. The van der Waals surface area contributed by atoms with Gasteiger partial charge in [-0.15, -0.1) is 6.58 Å². The monoisotopic (exact) mass is 317 g/mol. The fourth-order valence-corrected chi connectivity index (χ4v) is 3.71. The number of aryl methyl sites for hydroxylation is 1. The Morgan fingerprint density at radius 2 is 2.30 bits per heavy atom. The van der Waals surface area contributed by atoms with Crippen LogP contribution in [0.2, 0.25) is 0 Å². The first-order valence-corrected chi connectivity index (χ1v) is 8.66. The standard InChI is InChI=1S/C18H27N3O2/c1-3-9-22-13-16-6-5-7-18(16)14-21(8-10-23-18)17-19-11-15(4-2)12-20-17/h3,11-12,16H,1,4-10,13-14H2,2H3/t16-,18-/m1/s1. The average molecular weight is 317 g/mol. The van der Waals surface area contributed by atoms with E-state index in [1.165, 1.54) is 18.4 Å². The van der Waals surface area contributed by atoms with E-state index >= 15 is 0 Å². The first-order valence-electron chi connectivity index (χ1n) is 8.66. The number of hydrogen-bond donors (Lipinski definition) is 0. The number of aromatic nitrogens is 2. The molecule has 1 spiro atoms. The molecule has 2 aliphatic rings. The lowest BCUT2D eigenvalue weighted by Crippen LogP contribution is -2.55. The zero-order valence-electron chi connectivity index (χ0n) is 14.0. The molecule has 23 heavy (non-hydrogen) atoms. The Morgan fingerprint density at radius 3 is 3.04 bits per heavy atom. The Labute approximate surface area is 138 Å². The Bertz CT molecular complexity index is 520. The van der Waals surface area contributed by atoms with E-state index in [0.717, 1.165) is 45.1 Å². The summed E-state index contributed by atoms with van der Waals surface area (Å²) in [5.41, 5.74) is 1.07.